The number of amides is 1. The number of piperidine rings is 1. The van der Waals surface area contributed by atoms with Gasteiger partial charge in [0.25, 0.3) is 0 Å². The lowest BCUT2D eigenvalue weighted by Gasteiger charge is -2.32. The standard InChI is InChI=1S/C16H25N3O2/c1-13-17-15(12-21-13)11-18-8-4-14(5-9-18)6-10-19-7-2-3-16(19)20/h12,14H,2-11H2,1H3. The zero-order chi connectivity index (χ0) is 14.7. The average Bonchev–Trinajstić information content (AvgIpc) is 3.07. The van der Waals surface area contributed by atoms with E-state index in [9.17, 15) is 4.79 Å². The Morgan fingerprint density at radius 2 is 2.14 bits per heavy atom. The van der Waals surface area contributed by atoms with Crippen LogP contribution in [0.1, 0.15) is 43.7 Å². The highest BCUT2D eigenvalue weighted by Crippen LogP contribution is 2.23. The third-order valence-electron chi connectivity index (χ3n) is 4.74. The van der Waals surface area contributed by atoms with E-state index in [1.807, 2.05) is 11.8 Å². The first-order chi connectivity index (χ1) is 10.2. The van der Waals surface area contributed by atoms with Gasteiger partial charge in [0.2, 0.25) is 5.91 Å². The van der Waals surface area contributed by atoms with Crippen LogP contribution in [0, 0.1) is 12.8 Å². The zero-order valence-electron chi connectivity index (χ0n) is 12.9. The first kappa shape index (κ1) is 14.6. The molecule has 5 nitrogen and oxygen atoms in total. The van der Waals surface area contributed by atoms with Gasteiger partial charge < -0.3 is 9.32 Å². The number of rotatable bonds is 5. The number of hydrogen-bond acceptors (Lipinski definition) is 4. The van der Waals surface area contributed by atoms with Gasteiger partial charge in [-0.1, -0.05) is 0 Å². The van der Waals surface area contributed by atoms with Gasteiger partial charge in [0.05, 0.1) is 5.69 Å². The van der Waals surface area contributed by atoms with E-state index in [0.717, 1.165) is 63.1 Å². The first-order valence-corrected chi connectivity index (χ1v) is 8.12. The fourth-order valence-electron chi connectivity index (χ4n) is 3.42. The molecule has 3 rings (SSSR count). The average molecular weight is 291 g/mol. The van der Waals surface area contributed by atoms with Crippen LogP contribution in [0.15, 0.2) is 10.7 Å². The predicted octanol–water partition coefficient (Wildman–Crippen LogP) is 2.21. The minimum atomic E-state index is 0.355. The van der Waals surface area contributed by atoms with Crippen molar-refractivity contribution in [3.63, 3.8) is 0 Å². The van der Waals surface area contributed by atoms with Crippen LogP contribution in [0.25, 0.3) is 0 Å². The van der Waals surface area contributed by atoms with E-state index in [-0.39, 0.29) is 0 Å². The predicted molar refractivity (Wildman–Crippen MR) is 79.7 cm³/mol. The molecule has 2 aliphatic heterocycles. The summed E-state index contributed by atoms with van der Waals surface area (Å²) in [4.78, 5) is 20.5. The second-order valence-corrected chi connectivity index (χ2v) is 6.35. The van der Waals surface area contributed by atoms with Crippen molar-refractivity contribution in [3.05, 3.63) is 17.8 Å². The van der Waals surface area contributed by atoms with Gasteiger partial charge in [0, 0.05) is 33.0 Å². The van der Waals surface area contributed by atoms with Crippen LogP contribution >= 0.6 is 0 Å². The molecule has 0 atom stereocenters. The summed E-state index contributed by atoms with van der Waals surface area (Å²) >= 11 is 0. The van der Waals surface area contributed by atoms with E-state index in [1.165, 1.54) is 19.3 Å². The monoisotopic (exact) mass is 291 g/mol. The molecule has 1 aromatic rings. The molecule has 5 heteroatoms. The van der Waals surface area contributed by atoms with Gasteiger partial charge in [0.15, 0.2) is 5.89 Å². The van der Waals surface area contributed by atoms with Crippen LogP contribution in [0.2, 0.25) is 0 Å². The van der Waals surface area contributed by atoms with Crippen molar-refractivity contribution in [2.75, 3.05) is 26.2 Å². The largest absolute Gasteiger partial charge is 0.449 e. The van der Waals surface area contributed by atoms with Crippen LogP contribution in [-0.4, -0.2) is 46.9 Å². The smallest absolute Gasteiger partial charge is 0.222 e. The number of oxazole rings is 1. The fourth-order valence-corrected chi connectivity index (χ4v) is 3.42. The Hall–Kier alpha value is -1.36. The van der Waals surface area contributed by atoms with Gasteiger partial charge in [-0.05, 0) is 44.7 Å². The van der Waals surface area contributed by atoms with Crippen molar-refractivity contribution >= 4 is 5.91 Å². The lowest BCUT2D eigenvalue weighted by molar-refractivity contribution is -0.127. The normalized spacial score (nSPS) is 21.4. The van der Waals surface area contributed by atoms with Gasteiger partial charge in [-0.2, -0.15) is 0 Å². The molecule has 0 N–H and O–H groups in total. The molecule has 2 fully saturated rings. The molecule has 21 heavy (non-hydrogen) atoms. The molecule has 0 bridgehead atoms. The van der Waals surface area contributed by atoms with Crippen LogP contribution in [0.5, 0.6) is 0 Å². The Morgan fingerprint density at radius 1 is 1.33 bits per heavy atom. The summed E-state index contributed by atoms with van der Waals surface area (Å²) in [5.74, 6) is 1.87. The van der Waals surface area contributed by atoms with Gasteiger partial charge in [-0.25, -0.2) is 4.98 Å². The lowest BCUT2D eigenvalue weighted by atomic mass is 9.93. The third-order valence-corrected chi connectivity index (χ3v) is 4.74. The summed E-state index contributed by atoms with van der Waals surface area (Å²) in [6.07, 6.45) is 7.21. The van der Waals surface area contributed by atoms with Crippen LogP contribution < -0.4 is 0 Å². The topological polar surface area (TPSA) is 49.6 Å². The fraction of sp³-hybridized carbons (Fsp3) is 0.750. The molecular formula is C16H25N3O2. The molecule has 0 radical (unpaired) electrons. The molecule has 0 saturated carbocycles. The van der Waals surface area contributed by atoms with Gasteiger partial charge in [-0.15, -0.1) is 0 Å². The van der Waals surface area contributed by atoms with Crippen molar-refractivity contribution in [3.8, 4) is 0 Å². The Morgan fingerprint density at radius 3 is 2.76 bits per heavy atom. The summed E-state index contributed by atoms with van der Waals surface area (Å²) in [6.45, 7) is 6.98. The third kappa shape index (κ3) is 3.84. The summed E-state index contributed by atoms with van der Waals surface area (Å²) in [6, 6.07) is 0. The molecule has 3 heterocycles. The number of hydrogen-bond donors (Lipinski definition) is 0. The van der Waals surface area contributed by atoms with Gasteiger partial charge >= 0.3 is 0 Å². The molecule has 1 aromatic heterocycles. The highest BCUT2D eigenvalue weighted by molar-refractivity contribution is 5.77. The second-order valence-electron chi connectivity index (χ2n) is 6.35. The number of aromatic nitrogens is 1. The maximum absolute atomic E-state index is 11.6. The molecule has 116 valence electrons. The van der Waals surface area contributed by atoms with Crippen molar-refractivity contribution in [1.82, 2.24) is 14.8 Å². The van der Waals surface area contributed by atoms with E-state index in [2.05, 4.69) is 9.88 Å². The maximum atomic E-state index is 11.6. The van der Waals surface area contributed by atoms with E-state index in [4.69, 9.17) is 4.42 Å². The Kier molecular flexibility index (Phi) is 4.58. The molecular weight excluding hydrogens is 266 g/mol. The van der Waals surface area contributed by atoms with E-state index < -0.39 is 0 Å². The van der Waals surface area contributed by atoms with E-state index in [0.29, 0.717) is 5.91 Å². The van der Waals surface area contributed by atoms with Crippen LogP contribution in [0.4, 0.5) is 0 Å². The summed E-state index contributed by atoms with van der Waals surface area (Å²) in [7, 11) is 0. The van der Waals surface area contributed by atoms with Crippen LogP contribution in [0.3, 0.4) is 0 Å². The Bertz CT molecular complexity index is 478. The molecule has 0 aliphatic carbocycles. The summed E-state index contributed by atoms with van der Waals surface area (Å²) < 4.78 is 5.26. The number of nitrogens with zero attached hydrogens (tertiary/aromatic N) is 3. The molecule has 1 amide bonds. The molecule has 0 aromatic carbocycles. The van der Waals surface area contributed by atoms with E-state index >= 15 is 0 Å². The van der Waals surface area contributed by atoms with Gasteiger partial charge in [-0.3, -0.25) is 9.69 Å². The molecule has 2 aliphatic rings. The number of aryl methyl sites for hydroxylation is 1. The minimum Gasteiger partial charge on any atom is -0.449 e. The number of carbonyl (C=O) groups is 1. The van der Waals surface area contributed by atoms with Gasteiger partial charge in [0.1, 0.15) is 6.26 Å². The Labute approximate surface area is 126 Å². The van der Waals surface area contributed by atoms with Crippen molar-refractivity contribution in [2.45, 2.75) is 45.6 Å². The molecule has 0 spiro atoms. The SMILES string of the molecule is Cc1nc(CN2CCC(CCN3CCCC3=O)CC2)co1. The van der Waals surface area contributed by atoms with Crippen LogP contribution in [-0.2, 0) is 11.3 Å². The lowest BCUT2D eigenvalue weighted by Crippen LogP contribution is -2.35. The van der Waals surface area contributed by atoms with Crippen molar-refractivity contribution in [2.24, 2.45) is 5.92 Å². The second kappa shape index (κ2) is 6.60. The Balaban J connectivity index is 1.37. The molecule has 2 saturated heterocycles. The summed E-state index contributed by atoms with van der Waals surface area (Å²) in [5.41, 5.74) is 1.04. The highest BCUT2D eigenvalue weighted by atomic mass is 16.3. The number of carbonyl (C=O) groups excluding carboxylic acids is 1. The van der Waals surface area contributed by atoms with Crippen molar-refractivity contribution < 1.29 is 9.21 Å². The first-order valence-electron chi connectivity index (χ1n) is 8.12. The highest BCUT2D eigenvalue weighted by Gasteiger charge is 2.23. The zero-order valence-corrected chi connectivity index (χ0v) is 12.9. The minimum absolute atomic E-state index is 0.355. The maximum Gasteiger partial charge on any atom is 0.222 e. The van der Waals surface area contributed by atoms with E-state index in [1.54, 1.807) is 6.26 Å². The summed E-state index contributed by atoms with van der Waals surface area (Å²) in [5, 5.41) is 0. The van der Waals surface area contributed by atoms with Crippen molar-refractivity contribution in [1.29, 1.82) is 0 Å². The number of likely N-dealkylation sites (tertiary alicyclic amines) is 2. The quantitative estimate of drug-likeness (QED) is 0.834. The molecule has 0 unspecified atom stereocenters.